The molecule has 5 aliphatic rings. The summed E-state index contributed by atoms with van der Waals surface area (Å²) in [5.41, 5.74) is 3.40. The number of pyridine rings is 1. The number of carbonyl (C=O) groups excluding carboxylic acids is 3. The Morgan fingerprint density at radius 3 is 2.37 bits per heavy atom. The van der Waals surface area contributed by atoms with E-state index in [0.29, 0.717) is 45.6 Å². The lowest BCUT2D eigenvalue weighted by atomic mass is 9.92. The van der Waals surface area contributed by atoms with Gasteiger partial charge in [-0.2, -0.15) is 0 Å². The lowest BCUT2D eigenvalue weighted by Gasteiger charge is -2.40. The second kappa shape index (κ2) is 16.3. The number of nitrogens with one attached hydrogen (secondary N) is 1. The van der Waals surface area contributed by atoms with Crippen molar-refractivity contribution in [2.24, 2.45) is 5.92 Å². The van der Waals surface area contributed by atoms with E-state index < -0.39 is 11.9 Å². The van der Waals surface area contributed by atoms with Crippen molar-refractivity contribution in [2.45, 2.75) is 83.0 Å². The van der Waals surface area contributed by atoms with Crippen LogP contribution in [0.25, 0.3) is 15.7 Å². The molecule has 2 aromatic heterocycles. The number of halogens is 1. The van der Waals surface area contributed by atoms with Gasteiger partial charge in [-0.15, -0.1) is 0 Å². The van der Waals surface area contributed by atoms with Crippen LogP contribution in [-0.4, -0.2) is 100 Å². The third kappa shape index (κ3) is 7.85. The van der Waals surface area contributed by atoms with Gasteiger partial charge in [0.2, 0.25) is 17.5 Å². The summed E-state index contributed by atoms with van der Waals surface area (Å²) >= 11 is 6.21. The van der Waals surface area contributed by atoms with E-state index in [9.17, 15) is 19.2 Å². The highest BCUT2D eigenvalue weighted by molar-refractivity contribution is 6.33. The lowest BCUT2D eigenvalue weighted by Crippen LogP contribution is -2.49. The Morgan fingerprint density at radius 2 is 1.64 bits per heavy atom. The van der Waals surface area contributed by atoms with Crippen LogP contribution in [0.2, 0.25) is 5.02 Å². The Balaban J connectivity index is 0.739. The topological polar surface area (TPSA) is 138 Å². The lowest BCUT2D eigenvalue weighted by molar-refractivity contribution is -0.135. The van der Waals surface area contributed by atoms with Crippen LogP contribution in [0.5, 0.6) is 5.75 Å². The van der Waals surface area contributed by atoms with Crippen LogP contribution in [0.1, 0.15) is 79.3 Å². The van der Waals surface area contributed by atoms with Crippen LogP contribution in [0.4, 0.5) is 17.2 Å². The number of hydrogen-bond donors (Lipinski definition) is 1. The number of aromatic nitrogens is 3. The Bertz CT molecular complexity index is 2410. The highest BCUT2D eigenvalue weighted by Crippen LogP contribution is 2.35. The second-order valence-corrected chi connectivity index (χ2v) is 17.0. The van der Waals surface area contributed by atoms with Gasteiger partial charge >= 0.3 is 0 Å². The molecule has 1 aliphatic carbocycles. The van der Waals surface area contributed by atoms with E-state index in [2.05, 4.69) is 24.9 Å². The molecule has 2 aromatic carbocycles. The number of carbonyl (C=O) groups is 3. The molecule has 1 N–H and O–H groups in total. The summed E-state index contributed by atoms with van der Waals surface area (Å²) in [4.78, 5) is 73.7. The zero-order valence-electron chi connectivity index (χ0n) is 33.2. The van der Waals surface area contributed by atoms with Crippen molar-refractivity contribution in [3.05, 3.63) is 92.4 Å². The summed E-state index contributed by atoms with van der Waals surface area (Å²) in [6.07, 6.45) is 6.16. The monoisotopic (exact) mass is 817 g/mol. The summed E-state index contributed by atoms with van der Waals surface area (Å²) in [6, 6.07) is 14.4. The fraction of sp³-hybridized carbons (Fsp3) is 0.477. The number of imide groups is 1. The van der Waals surface area contributed by atoms with Crippen LogP contribution in [0, 0.1) is 19.4 Å². The Labute approximate surface area is 347 Å². The van der Waals surface area contributed by atoms with E-state index in [0.717, 1.165) is 107 Å². The van der Waals surface area contributed by atoms with E-state index in [-0.39, 0.29) is 42.4 Å². The van der Waals surface area contributed by atoms with Crippen molar-refractivity contribution in [3.8, 4) is 5.75 Å². The first-order valence-electron chi connectivity index (χ1n) is 20.8. The molecular weight excluding hydrogens is 770 g/mol. The van der Waals surface area contributed by atoms with Crippen molar-refractivity contribution in [1.82, 2.24) is 29.7 Å². The number of hydrogen-bond acceptors (Lipinski definition) is 10. The average molecular weight is 818 g/mol. The number of anilines is 2. The minimum atomic E-state index is -0.736. The minimum absolute atomic E-state index is 0.0530. The van der Waals surface area contributed by atoms with Gasteiger partial charge in [-0.25, -0.2) is 14.8 Å². The molecule has 9 rings (SSSR count). The highest BCUT2D eigenvalue weighted by Gasteiger charge is 2.37. The highest BCUT2D eigenvalue weighted by atomic mass is 35.5. The number of fused-ring (bicyclic) bond motifs is 2. The number of ether oxygens (including phenoxy) is 1. The van der Waals surface area contributed by atoms with Crippen LogP contribution >= 0.6 is 11.6 Å². The Hall–Kier alpha value is -5.52. The van der Waals surface area contributed by atoms with Gasteiger partial charge in [0.1, 0.15) is 23.4 Å². The number of amides is 3. The molecule has 306 valence electrons. The standard InChI is InChI=1S/C44H48ClN9O5/c1-27-47-37-23-30(5-9-33(37)44(58)54(27)39-12-14-41(55)49-42(39)56)51-21-19-50(20-22-51)25-28-15-17-52(18-16-28)40-13-10-34-38(48-40)26-53(43(34)57)29-3-6-31(7-4-29)59-32-8-11-36(46-2)35(45)24-32/h5,8-11,13,23-24,28-29,31,39H,3-4,6-7,12,14-22,25-26H2,1H3,(H,49,55,56). The summed E-state index contributed by atoms with van der Waals surface area (Å²) in [6.45, 7) is 16.1. The summed E-state index contributed by atoms with van der Waals surface area (Å²) in [7, 11) is 0. The van der Waals surface area contributed by atoms with Gasteiger partial charge in [0.25, 0.3) is 11.5 Å². The second-order valence-electron chi connectivity index (χ2n) is 16.6. The molecule has 1 unspecified atom stereocenters. The number of nitrogens with zero attached hydrogens (tertiary/aromatic N) is 8. The fourth-order valence-corrected chi connectivity index (χ4v) is 9.88. The molecule has 1 atom stereocenters. The van der Waals surface area contributed by atoms with Crippen molar-refractivity contribution in [2.75, 3.05) is 55.6 Å². The molecule has 4 fully saturated rings. The van der Waals surface area contributed by atoms with Gasteiger partial charge in [-0.3, -0.25) is 34.0 Å². The number of aryl methyl sites for hydroxylation is 1. The van der Waals surface area contributed by atoms with Crippen LogP contribution < -0.4 is 25.4 Å². The molecule has 59 heavy (non-hydrogen) atoms. The van der Waals surface area contributed by atoms with Crippen molar-refractivity contribution in [1.29, 1.82) is 0 Å². The Morgan fingerprint density at radius 1 is 0.864 bits per heavy atom. The molecule has 3 saturated heterocycles. The molecule has 4 aromatic rings. The molecule has 0 spiro atoms. The number of benzene rings is 2. The van der Waals surface area contributed by atoms with Gasteiger partial charge < -0.3 is 19.4 Å². The third-order valence-electron chi connectivity index (χ3n) is 13.0. The molecule has 4 aliphatic heterocycles. The third-order valence-corrected chi connectivity index (χ3v) is 13.3. The zero-order chi connectivity index (χ0) is 40.8. The maximum absolute atomic E-state index is 13.5. The summed E-state index contributed by atoms with van der Waals surface area (Å²) in [5.74, 6) is 2.01. The van der Waals surface area contributed by atoms with E-state index in [1.165, 1.54) is 4.57 Å². The number of rotatable bonds is 8. The molecule has 3 amide bonds. The molecule has 6 heterocycles. The molecule has 15 heteroatoms. The first-order valence-corrected chi connectivity index (χ1v) is 21.2. The predicted octanol–water partition coefficient (Wildman–Crippen LogP) is 5.67. The van der Waals surface area contributed by atoms with E-state index in [4.69, 9.17) is 32.9 Å². The average Bonchev–Trinajstić information content (AvgIpc) is 3.57. The molecule has 14 nitrogen and oxygen atoms in total. The largest absolute Gasteiger partial charge is 0.490 e. The summed E-state index contributed by atoms with van der Waals surface area (Å²) in [5, 5.41) is 3.21. The molecule has 0 bridgehead atoms. The van der Waals surface area contributed by atoms with Crippen molar-refractivity contribution in [3.63, 3.8) is 0 Å². The van der Waals surface area contributed by atoms with E-state index >= 15 is 0 Å². The van der Waals surface area contributed by atoms with Gasteiger partial charge in [0.15, 0.2) is 0 Å². The van der Waals surface area contributed by atoms with E-state index in [1.807, 2.05) is 35.2 Å². The van der Waals surface area contributed by atoms with Gasteiger partial charge in [-0.1, -0.05) is 17.7 Å². The molecule has 1 saturated carbocycles. The maximum atomic E-state index is 13.5. The first kappa shape index (κ1) is 39.0. The first-order chi connectivity index (χ1) is 28.6. The number of piperidine rings is 2. The van der Waals surface area contributed by atoms with Crippen LogP contribution in [-0.2, 0) is 16.1 Å². The quantitative estimate of drug-likeness (QED) is 0.175. The van der Waals surface area contributed by atoms with Crippen molar-refractivity contribution >= 4 is 57.4 Å². The van der Waals surface area contributed by atoms with Crippen LogP contribution in [0.3, 0.4) is 0 Å². The van der Waals surface area contributed by atoms with Crippen LogP contribution in [0.15, 0.2) is 53.3 Å². The maximum Gasteiger partial charge on any atom is 0.262 e. The normalized spacial score (nSPS) is 23.0. The number of piperazine rings is 1. The molecular formula is C44H48ClN9O5. The van der Waals surface area contributed by atoms with Gasteiger partial charge in [-0.05, 0) is 100 Å². The van der Waals surface area contributed by atoms with Gasteiger partial charge in [0.05, 0.1) is 46.4 Å². The SMILES string of the molecule is [C-]#[N+]c1ccc(OC2CCC(N3Cc4nc(N5CCC(CN6CCN(c7ccc8c(=O)n(C9CCC(=O)NC9=O)c(C)nc8c7)CC6)CC5)ccc4C3=O)CC2)cc1Cl. The minimum Gasteiger partial charge on any atom is -0.490 e. The zero-order valence-corrected chi connectivity index (χ0v) is 34.0. The van der Waals surface area contributed by atoms with Crippen molar-refractivity contribution < 1.29 is 19.1 Å². The fourth-order valence-electron chi connectivity index (χ4n) is 9.67. The summed E-state index contributed by atoms with van der Waals surface area (Å²) < 4.78 is 7.62. The Kier molecular flexibility index (Phi) is 10.7. The van der Waals surface area contributed by atoms with Gasteiger partial charge in [0, 0.05) is 64.0 Å². The van der Waals surface area contributed by atoms with E-state index in [1.54, 1.807) is 25.1 Å². The molecule has 0 radical (unpaired) electrons. The predicted molar refractivity (Wildman–Crippen MR) is 224 cm³/mol. The smallest absolute Gasteiger partial charge is 0.262 e.